The lowest BCUT2D eigenvalue weighted by Crippen LogP contribution is -2.22. The summed E-state index contributed by atoms with van der Waals surface area (Å²) < 4.78 is 34.8. The zero-order valence-electron chi connectivity index (χ0n) is 6.09. The number of halogens is 2. The Morgan fingerprint density at radius 1 is 1.17 bits per heavy atom. The summed E-state index contributed by atoms with van der Waals surface area (Å²) in [5.41, 5.74) is 0.500. The molecule has 1 saturated heterocycles. The van der Waals surface area contributed by atoms with Crippen LogP contribution in [0.15, 0.2) is 18.2 Å². The highest BCUT2D eigenvalue weighted by Gasteiger charge is 2.21. The maximum Gasteiger partial charge on any atom is 0.189 e. The number of hydrogen-bond donors (Lipinski definition) is 0. The molecule has 0 aliphatic carbocycles. The highest BCUT2D eigenvalue weighted by atomic mass is 19.2. The van der Waals surface area contributed by atoms with Crippen LogP contribution in [-0.2, 0) is 9.47 Å². The SMILES string of the molecule is Fc1ccc(C2OCO2)cc1F. The molecule has 0 amide bonds. The molecular weight excluding hydrogens is 166 g/mol. The fourth-order valence-electron chi connectivity index (χ4n) is 0.988. The van der Waals surface area contributed by atoms with Crippen LogP contribution in [0.5, 0.6) is 0 Å². The molecule has 2 rings (SSSR count). The second kappa shape index (κ2) is 2.80. The normalized spacial score (nSPS) is 17.5. The molecule has 64 valence electrons. The van der Waals surface area contributed by atoms with Crippen molar-refractivity contribution in [3.05, 3.63) is 35.4 Å². The molecule has 0 N–H and O–H groups in total. The van der Waals surface area contributed by atoms with Gasteiger partial charge in [-0.25, -0.2) is 8.78 Å². The van der Waals surface area contributed by atoms with Crippen molar-refractivity contribution in [2.75, 3.05) is 6.79 Å². The fraction of sp³-hybridized carbons (Fsp3) is 0.250. The van der Waals surface area contributed by atoms with Gasteiger partial charge in [0.15, 0.2) is 24.7 Å². The Morgan fingerprint density at radius 3 is 2.42 bits per heavy atom. The number of rotatable bonds is 1. The van der Waals surface area contributed by atoms with Crippen LogP contribution < -0.4 is 0 Å². The molecular formula is C8H6F2O2. The van der Waals surface area contributed by atoms with Crippen molar-refractivity contribution in [1.29, 1.82) is 0 Å². The third kappa shape index (κ3) is 1.19. The van der Waals surface area contributed by atoms with Gasteiger partial charge in [-0.3, -0.25) is 0 Å². The molecule has 1 heterocycles. The quantitative estimate of drug-likeness (QED) is 0.644. The van der Waals surface area contributed by atoms with Crippen molar-refractivity contribution in [2.24, 2.45) is 0 Å². The molecule has 2 nitrogen and oxygen atoms in total. The molecule has 0 unspecified atom stereocenters. The maximum absolute atomic E-state index is 12.6. The molecule has 1 fully saturated rings. The van der Waals surface area contributed by atoms with E-state index < -0.39 is 17.9 Å². The van der Waals surface area contributed by atoms with E-state index in [0.29, 0.717) is 5.56 Å². The number of hydrogen-bond acceptors (Lipinski definition) is 2. The van der Waals surface area contributed by atoms with Gasteiger partial charge < -0.3 is 9.47 Å². The summed E-state index contributed by atoms with van der Waals surface area (Å²) >= 11 is 0. The molecule has 0 bridgehead atoms. The smallest absolute Gasteiger partial charge is 0.189 e. The summed E-state index contributed by atoms with van der Waals surface area (Å²) in [5, 5.41) is 0. The first-order valence-electron chi connectivity index (χ1n) is 3.45. The Bertz CT molecular complexity index is 297. The van der Waals surface area contributed by atoms with Gasteiger partial charge >= 0.3 is 0 Å². The second-order valence-corrected chi connectivity index (χ2v) is 2.46. The molecule has 0 spiro atoms. The lowest BCUT2D eigenvalue weighted by molar-refractivity contribution is -0.327. The summed E-state index contributed by atoms with van der Waals surface area (Å²) in [7, 11) is 0. The standard InChI is InChI=1S/C8H6F2O2/c9-6-2-1-5(3-7(6)10)8-11-4-12-8/h1-3,8H,4H2. The van der Waals surface area contributed by atoms with E-state index in [1.165, 1.54) is 6.07 Å². The zero-order chi connectivity index (χ0) is 8.55. The predicted octanol–water partition coefficient (Wildman–Crippen LogP) is 1.97. The average molecular weight is 172 g/mol. The van der Waals surface area contributed by atoms with Crippen molar-refractivity contribution < 1.29 is 18.3 Å². The molecule has 4 heteroatoms. The van der Waals surface area contributed by atoms with E-state index in [-0.39, 0.29) is 6.79 Å². The fourth-order valence-corrected chi connectivity index (χ4v) is 0.988. The van der Waals surface area contributed by atoms with Crippen LogP contribution in [0.2, 0.25) is 0 Å². The molecule has 1 aromatic carbocycles. The van der Waals surface area contributed by atoms with Crippen molar-refractivity contribution in [1.82, 2.24) is 0 Å². The molecule has 1 aliphatic heterocycles. The largest absolute Gasteiger partial charge is 0.322 e. The van der Waals surface area contributed by atoms with Crippen LogP contribution >= 0.6 is 0 Å². The zero-order valence-corrected chi connectivity index (χ0v) is 6.09. The molecule has 0 saturated carbocycles. The van der Waals surface area contributed by atoms with E-state index in [0.717, 1.165) is 12.1 Å². The Labute approximate surface area is 67.7 Å². The van der Waals surface area contributed by atoms with E-state index in [1.54, 1.807) is 0 Å². The van der Waals surface area contributed by atoms with Gasteiger partial charge in [0.05, 0.1) is 0 Å². The monoisotopic (exact) mass is 172 g/mol. The highest BCUT2D eigenvalue weighted by molar-refractivity contribution is 5.19. The summed E-state index contributed by atoms with van der Waals surface area (Å²) in [6.07, 6.45) is -0.528. The summed E-state index contributed by atoms with van der Waals surface area (Å²) in [6.45, 7) is 0.212. The summed E-state index contributed by atoms with van der Waals surface area (Å²) in [5.74, 6) is -1.75. The Balaban J connectivity index is 2.27. The van der Waals surface area contributed by atoms with Crippen LogP contribution in [0.1, 0.15) is 11.9 Å². The van der Waals surface area contributed by atoms with Crippen LogP contribution in [0.25, 0.3) is 0 Å². The van der Waals surface area contributed by atoms with Gasteiger partial charge in [-0.1, -0.05) is 6.07 Å². The van der Waals surface area contributed by atoms with Crippen molar-refractivity contribution >= 4 is 0 Å². The molecule has 0 atom stereocenters. The Kier molecular flexibility index (Phi) is 1.78. The van der Waals surface area contributed by atoms with Crippen molar-refractivity contribution in [3.63, 3.8) is 0 Å². The lowest BCUT2D eigenvalue weighted by atomic mass is 10.2. The van der Waals surface area contributed by atoms with Crippen LogP contribution in [0, 0.1) is 11.6 Å². The number of ether oxygens (including phenoxy) is 2. The first kappa shape index (κ1) is 7.64. The van der Waals surface area contributed by atoms with Gasteiger partial charge in [-0.05, 0) is 12.1 Å². The predicted molar refractivity (Wildman–Crippen MR) is 36.1 cm³/mol. The summed E-state index contributed by atoms with van der Waals surface area (Å²) in [4.78, 5) is 0. The van der Waals surface area contributed by atoms with Gasteiger partial charge in [-0.15, -0.1) is 0 Å². The molecule has 0 aromatic heterocycles. The Hall–Kier alpha value is -1.00. The third-order valence-electron chi connectivity index (χ3n) is 1.65. The average Bonchev–Trinajstić information content (AvgIpc) is 1.93. The molecule has 0 radical (unpaired) electrons. The van der Waals surface area contributed by atoms with E-state index in [2.05, 4.69) is 0 Å². The van der Waals surface area contributed by atoms with Gasteiger partial charge in [0.25, 0.3) is 0 Å². The lowest BCUT2D eigenvalue weighted by Gasteiger charge is -2.26. The Morgan fingerprint density at radius 2 is 1.92 bits per heavy atom. The van der Waals surface area contributed by atoms with Crippen molar-refractivity contribution in [2.45, 2.75) is 6.29 Å². The van der Waals surface area contributed by atoms with E-state index in [4.69, 9.17) is 9.47 Å². The number of benzene rings is 1. The van der Waals surface area contributed by atoms with E-state index in [1.807, 2.05) is 0 Å². The molecule has 1 aromatic rings. The van der Waals surface area contributed by atoms with Gasteiger partial charge in [0.2, 0.25) is 0 Å². The van der Waals surface area contributed by atoms with Crippen molar-refractivity contribution in [3.8, 4) is 0 Å². The summed E-state index contributed by atoms with van der Waals surface area (Å²) in [6, 6.07) is 3.55. The minimum Gasteiger partial charge on any atom is -0.322 e. The highest BCUT2D eigenvalue weighted by Crippen LogP contribution is 2.26. The minimum absolute atomic E-state index is 0.212. The molecule has 1 aliphatic rings. The molecule has 12 heavy (non-hydrogen) atoms. The maximum atomic E-state index is 12.6. The van der Waals surface area contributed by atoms with Crippen LogP contribution in [-0.4, -0.2) is 6.79 Å². The van der Waals surface area contributed by atoms with E-state index >= 15 is 0 Å². The van der Waals surface area contributed by atoms with Gasteiger partial charge in [-0.2, -0.15) is 0 Å². The van der Waals surface area contributed by atoms with E-state index in [9.17, 15) is 8.78 Å². The van der Waals surface area contributed by atoms with Crippen LogP contribution in [0.4, 0.5) is 8.78 Å². The topological polar surface area (TPSA) is 18.5 Å². The van der Waals surface area contributed by atoms with Crippen LogP contribution in [0.3, 0.4) is 0 Å². The first-order valence-corrected chi connectivity index (χ1v) is 3.45. The third-order valence-corrected chi connectivity index (χ3v) is 1.65. The van der Waals surface area contributed by atoms with Gasteiger partial charge in [0.1, 0.15) is 0 Å². The second-order valence-electron chi connectivity index (χ2n) is 2.46. The minimum atomic E-state index is -0.883. The first-order chi connectivity index (χ1) is 5.77. The van der Waals surface area contributed by atoms with Gasteiger partial charge in [0, 0.05) is 5.56 Å².